The molecule has 0 aromatic carbocycles. The molecular weight excluding hydrogens is 274 g/mol. The van der Waals surface area contributed by atoms with Crippen LogP contribution in [-0.4, -0.2) is 22.7 Å². The molecule has 2 N–H and O–H groups in total. The van der Waals surface area contributed by atoms with Gasteiger partial charge in [-0.15, -0.1) is 0 Å². The van der Waals surface area contributed by atoms with Crippen molar-refractivity contribution in [3.63, 3.8) is 0 Å². The molecule has 22 heavy (non-hydrogen) atoms. The van der Waals surface area contributed by atoms with Crippen molar-refractivity contribution in [2.45, 2.75) is 26.3 Å². The summed E-state index contributed by atoms with van der Waals surface area (Å²) in [5.74, 6) is -0.500. The van der Waals surface area contributed by atoms with Crippen molar-refractivity contribution in [1.29, 1.82) is 0 Å². The Morgan fingerprint density at radius 1 is 1.32 bits per heavy atom. The zero-order valence-corrected chi connectivity index (χ0v) is 13.2. The van der Waals surface area contributed by atoms with Gasteiger partial charge in [-0.25, -0.2) is 0 Å². The second kappa shape index (κ2) is 8.62. The molecule has 1 aliphatic heterocycles. The second-order valence-electron chi connectivity index (χ2n) is 4.70. The standard InChI is InChI=1S/C18H23N3O/c1-5-9-12-14(8-4)17-13-16(18(19)22)20-21(17)15(10-6-2)11-7-3/h5-12,17H,2,4,13H2,1,3H3,(H2,19,22)/b9-5-,11-7-,14-12+,15-10+. The van der Waals surface area contributed by atoms with Crippen LogP contribution in [0.1, 0.15) is 20.3 Å². The smallest absolute Gasteiger partial charge is 0.265 e. The van der Waals surface area contributed by atoms with Gasteiger partial charge in [0.1, 0.15) is 5.71 Å². The van der Waals surface area contributed by atoms with Crippen LogP contribution in [0.3, 0.4) is 0 Å². The summed E-state index contributed by atoms with van der Waals surface area (Å²) < 4.78 is 0. The number of carbonyl (C=O) groups excluding carboxylic acids is 1. The number of carbonyl (C=O) groups is 1. The summed E-state index contributed by atoms with van der Waals surface area (Å²) >= 11 is 0. The maximum absolute atomic E-state index is 11.5. The minimum Gasteiger partial charge on any atom is -0.364 e. The van der Waals surface area contributed by atoms with Gasteiger partial charge < -0.3 is 5.73 Å². The zero-order chi connectivity index (χ0) is 16.5. The molecule has 4 heteroatoms. The van der Waals surface area contributed by atoms with Gasteiger partial charge in [0.05, 0.1) is 11.7 Å². The summed E-state index contributed by atoms with van der Waals surface area (Å²) in [7, 11) is 0. The van der Waals surface area contributed by atoms with E-state index in [0.717, 1.165) is 11.3 Å². The number of amides is 1. The predicted molar refractivity (Wildman–Crippen MR) is 93.1 cm³/mol. The van der Waals surface area contributed by atoms with Gasteiger partial charge >= 0.3 is 0 Å². The third kappa shape index (κ3) is 4.19. The van der Waals surface area contributed by atoms with Crippen molar-refractivity contribution in [3.05, 3.63) is 73.0 Å². The highest BCUT2D eigenvalue weighted by Gasteiger charge is 2.32. The summed E-state index contributed by atoms with van der Waals surface area (Å²) in [5, 5.41) is 6.17. The second-order valence-corrected chi connectivity index (χ2v) is 4.70. The Hall–Kier alpha value is -2.62. The quantitative estimate of drug-likeness (QED) is 0.733. The third-order valence-electron chi connectivity index (χ3n) is 3.19. The fourth-order valence-corrected chi connectivity index (χ4v) is 2.18. The lowest BCUT2D eigenvalue weighted by atomic mass is 10.0. The van der Waals surface area contributed by atoms with E-state index in [0.29, 0.717) is 12.1 Å². The first-order valence-electron chi connectivity index (χ1n) is 7.16. The van der Waals surface area contributed by atoms with Crippen LogP contribution in [-0.2, 0) is 4.79 Å². The number of nitrogens with two attached hydrogens (primary N) is 1. The highest BCUT2D eigenvalue weighted by Crippen LogP contribution is 2.28. The molecule has 0 fully saturated rings. The summed E-state index contributed by atoms with van der Waals surface area (Å²) in [6.07, 6.45) is 15.4. The maximum atomic E-state index is 11.5. The molecule has 0 aromatic heterocycles. The molecule has 1 amide bonds. The highest BCUT2D eigenvalue weighted by atomic mass is 16.1. The van der Waals surface area contributed by atoms with Crippen molar-refractivity contribution in [1.82, 2.24) is 5.01 Å². The number of hydrazone groups is 1. The zero-order valence-electron chi connectivity index (χ0n) is 13.2. The molecule has 1 heterocycles. The van der Waals surface area contributed by atoms with Gasteiger partial charge in [0.25, 0.3) is 5.91 Å². The van der Waals surface area contributed by atoms with Gasteiger partial charge in [-0.1, -0.05) is 49.6 Å². The van der Waals surface area contributed by atoms with Gasteiger partial charge in [0.2, 0.25) is 0 Å². The fraction of sp³-hybridized carbons (Fsp3) is 0.222. The van der Waals surface area contributed by atoms with Crippen molar-refractivity contribution >= 4 is 11.6 Å². The molecule has 4 nitrogen and oxygen atoms in total. The van der Waals surface area contributed by atoms with Crippen LogP contribution < -0.4 is 5.73 Å². The first kappa shape index (κ1) is 17.4. The molecule has 0 bridgehead atoms. The van der Waals surface area contributed by atoms with Gasteiger partial charge in [0.15, 0.2) is 0 Å². The molecule has 0 aliphatic carbocycles. The van der Waals surface area contributed by atoms with E-state index in [1.54, 1.807) is 17.2 Å². The van der Waals surface area contributed by atoms with Crippen LogP contribution in [0, 0.1) is 0 Å². The lowest BCUT2D eigenvalue weighted by Crippen LogP contribution is -2.28. The Bertz CT molecular complexity index is 591. The highest BCUT2D eigenvalue weighted by molar-refractivity contribution is 6.38. The number of primary amides is 1. The Kier molecular flexibility index (Phi) is 6.83. The molecule has 0 saturated heterocycles. The lowest BCUT2D eigenvalue weighted by Gasteiger charge is -2.25. The normalized spacial score (nSPS) is 19.8. The maximum Gasteiger partial charge on any atom is 0.265 e. The number of allylic oxidation sites excluding steroid dienone is 7. The summed E-state index contributed by atoms with van der Waals surface area (Å²) in [6.45, 7) is 11.4. The first-order chi connectivity index (χ1) is 10.6. The lowest BCUT2D eigenvalue weighted by molar-refractivity contribution is -0.112. The summed E-state index contributed by atoms with van der Waals surface area (Å²) in [5.41, 5.74) is 7.57. The molecule has 116 valence electrons. The van der Waals surface area contributed by atoms with E-state index >= 15 is 0 Å². The molecule has 0 saturated carbocycles. The molecule has 1 unspecified atom stereocenters. The van der Waals surface area contributed by atoms with Gasteiger partial charge in [0, 0.05) is 6.42 Å². The van der Waals surface area contributed by atoms with E-state index in [-0.39, 0.29) is 6.04 Å². The molecule has 0 radical (unpaired) electrons. The molecule has 1 rings (SSSR count). The Balaban J connectivity index is 3.31. The average molecular weight is 297 g/mol. The van der Waals surface area contributed by atoms with Crippen molar-refractivity contribution in [2.75, 3.05) is 0 Å². The van der Waals surface area contributed by atoms with Gasteiger partial charge in [-0.2, -0.15) is 5.10 Å². The molecule has 1 atom stereocenters. The van der Waals surface area contributed by atoms with Crippen molar-refractivity contribution in [2.24, 2.45) is 10.8 Å². The summed E-state index contributed by atoms with van der Waals surface area (Å²) in [4.78, 5) is 11.5. The largest absolute Gasteiger partial charge is 0.364 e. The Morgan fingerprint density at radius 2 is 2.05 bits per heavy atom. The van der Waals surface area contributed by atoms with Crippen LogP contribution in [0.4, 0.5) is 0 Å². The first-order valence-corrected chi connectivity index (χ1v) is 7.16. The monoisotopic (exact) mass is 297 g/mol. The van der Waals surface area contributed by atoms with Gasteiger partial charge in [-0.05, 0) is 31.6 Å². The van der Waals surface area contributed by atoms with Crippen LogP contribution in [0.5, 0.6) is 0 Å². The van der Waals surface area contributed by atoms with E-state index in [1.165, 1.54) is 0 Å². The molecule has 0 aromatic rings. The topological polar surface area (TPSA) is 58.7 Å². The fourth-order valence-electron chi connectivity index (χ4n) is 2.18. The van der Waals surface area contributed by atoms with Crippen LogP contribution in [0.25, 0.3) is 0 Å². The number of hydrogen-bond donors (Lipinski definition) is 1. The Labute approximate surface area is 132 Å². The van der Waals surface area contributed by atoms with E-state index in [9.17, 15) is 4.79 Å². The third-order valence-corrected chi connectivity index (χ3v) is 3.19. The molecule has 1 aliphatic rings. The number of nitrogens with zero attached hydrogens (tertiary/aromatic N) is 2. The van der Waals surface area contributed by atoms with E-state index < -0.39 is 5.91 Å². The minimum absolute atomic E-state index is 0.112. The predicted octanol–water partition coefficient (Wildman–Crippen LogP) is 3.24. The van der Waals surface area contributed by atoms with E-state index in [2.05, 4.69) is 18.3 Å². The Morgan fingerprint density at radius 3 is 2.55 bits per heavy atom. The van der Waals surface area contributed by atoms with Crippen molar-refractivity contribution < 1.29 is 4.79 Å². The molecule has 0 spiro atoms. The van der Waals surface area contributed by atoms with Crippen LogP contribution in [0.2, 0.25) is 0 Å². The SMILES string of the molecule is C=C/C=C(\C=C/C)N1N=C(C(N)=O)CC1/C(C=C)=C/C=C\C. The van der Waals surface area contributed by atoms with E-state index in [1.807, 2.05) is 50.3 Å². The van der Waals surface area contributed by atoms with Crippen LogP contribution >= 0.6 is 0 Å². The summed E-state index contributed by atoms with van der Waals surface area (Å²) in [6, 6.07) is -0.112. The van der Waals surface area contributed by atoms with Crippen LogP contribution in [0.15, 0.2) is 78.1 Å². The number of hydrogen-bond acceptors (Lipinski definition) is 3. The average Bonchev–Trinajstić information content (AvgIpc) is 2.93. The number of rotatable bonds is 7. The van der Waals surface area contributed by atoms with Crippen molar-refractivity contribution in [3.8, 4) is 0 Å². The minimum atomic E-state index is -0.500. The van der Waals surface area contributed by atoms with E-state index in [4.69, 9.17) is 5.73 Å². The molecular formula is C18H23N3O. The van der Waals surface area contributed by atoms with Gasteiger partial charge in [-0.3, -0.25) is 9.80 Å².